The fourth-order valence-corrected chi connectivity index (χ4v) is 2.49. The van der Waals surface area contributed by atoms with Crippen molar-refractivity contribution in [1.82, 2.24) is 0 Å². The van der Waals surface area contributed by atoms with Gasteiger partial charge in [0.05, 0.1) is 18.7 Å². The Hall–Kier alpha value is -0.740. The number of halogens is 1. The Kier molecular flexibility index (Phi) is 4.62. The average Bonchev–Trinajstić information content (AvgIpc) is 2.28. The van der Waals surface area contributed by atoms with Gasteiger partial charge in [-0.1, -0.05) is 6.92 Å². The number of hydrogen-bond donors (Lipinski definition) is 1. The molecule has 0 saturated heterocycles. The van der Waals surface area contributed by atoms with E-state index < -0.39 is 0 Å². The number of benzene rings is 1. The highest BCUT2D eigenvalue weighted by molar-refractivity contribution is 9.10. The largest absolute Gasteiger partial charge is 0.496 e. The summed E-state index contributed by atoms with van der Waals surface area (Å²) in [6.45, 7) is 4.65. The Bertz CT molecular complexity index is 380. The molecule has 16 heavy (non-hydrogen) atoms. The van der Waals surface area contributed by atoms with Gasteiger partial charge in [0.1, 0.15) is 11.5 Å². The summed E-state index contributed by atoms with van der Waals surface area (Å²) < 4.78 is 11.7. The predicted octanol–water partition coefficient (Wildman–Crippen LogP) is 2.84. The first-order valence-corrected chi connectivity index (χ1v) is 5.97. The van der Waals surface area contributed by atoms with Gasteiger partial charge < -0.3 is 15.2 Å². The van der Waals surface area contributed by atoms with E-state index in [1.807, 2.05) is 13.0 Å². The highest BCUT2D eigenvalue weighted by atomic mass is 79.9. The highest BCUT2D eigenvalue weighted by Crippen LogP contribution is 2.40. The Morgan fingerprint density at radius 3 is 2.31 bits per heavy atom. The van der Waals surface area contributed by atoms with Crippen LogP contribution in [0.3, 0.4) is 0 Å². The number of rotatable bonds is 4. The smallest absolute Gasteiger partial charge is 0.139 e. The van der Waals surface area contributed by atoms with E-state index in [1.165, 1.54) is 0 Å². The summed E-state index contributed by atoms with van der Waals surface area (Å²) >= 11 is 3.50. The van der Waals surface area contributed by atoms with Crippen LogP contribution in [-0.2, 0) is 0 Å². The third-order valence-corrected chi connectivity index (χ3v) is 3.32. The molecule has 0 aromatic heterocycles. The molecule has 0 saturated carbocycles. The average molecular weight is 288 g/mol. The van der Waals surface area contributed by atoms with Crippen LogP contribution in [0.25, 0.3) is 0 Å². The van der Waals surface area contributed by atoms with Gasteiger partial charge in [-0.2, -0.15) is 0 Å². The third kappa shape index (κ3) is 2.33. The molecule has 0 aliphatic carbocycles. The number of hydrogen-bond acceptors (Lipinski definition) is 3. The maximum absolute atomic E-state index is 5.70. The Labute approximate surface area is 105 Å². The molecule has 0 radical (unpaired) electrons. The fraction of sp³-hybridized carbons (Fsp3) is 0.500. The second-order valence-electron chi connectivity index (χ2n) is 3.78. The molecule has 1 aromatic rings. The lowest BCUT2D eigenvalue weighted by atomic mass is 9.97. The van der Waals surface area contributed by atoms with E-state index in [-0.39, 0.29) is 5.92 Å². The minimum absolute atomic E-state index is 0.260. The van der Waals surface area contributed by atoms with Crippen molar-refractivity contribution in [2.45, 2.75) is 19.8 Å². The predicted molar refractivity (Wildman–Crippen MR) is 69.5 cm³/mol. The molecule has 1 atom stereocenters. The summed E-state index contributed by atoms with van der Waals surface area (Å²) in [6, 6.07) is 2.02. The highest BCUT2D eigenvalue weighted by Gasteiger charge is 2.18. The lowest BCUT2D eigenvalue weighted by Crippen LogP contribution is -2.11. The van der Waals surface area contributed by atoms with Crippen LogP contribution in [0.4, 0.5) is 0 Å². The van der Waals surface area contributed by atoms with E-state index >= 15 is 0 Å². The summed E-state index contributed by atoms with van der Waals surface area (Å²) in [6.07, 6.45) is 0. The standard InChI is InChI=1S/C12H18BrNO2/c1-7(6-14)9-5-10(13)12(16-4)8(2)11(9)15-3/h5,7H,6,14H2,1-4H3. The van der Waals surface area contributed by atoms with Gasteiger partial charge in [-0.15, -0.1) is 0 Å². The summed E-state index contributed by atoms with van der Waals surface area (Å²) in [7, 11) is 3.32. The van der Waals surface area contributed by atoms with Crippen LogP contribution in [0.5, 0.6) is 11.5 Å². The number of methoxy groups -OCH3 is 2. The summed E-state index contributed by atoms with van der Waals surface area (Å²) in [5.74, 6) is 1.93. The molecule has 0 bridgehead atoms. The van der Waals surface area contributed by atoms with Crippen LogP contribution >= 0.6 is 15.9 Å². The fourth-order valence-electron chi connectivity index (χ4n) is 1.78. The van der Waals surface area contributed by atoms with Crippen LogP contribution in [-0.4, -0.2) is 20.8 Å². The van der Waals surface area contributed by atoms with E-state index in [0.29, 0.717) is 6.54 Å². The van der Waals surface area contributed by atoms with Crippen LogP contribution in [0.15, 0.2) is 10.5 Å². The Balaban J connectivity index is 3.40. The van der Waals surface area contributed by atoms with Gasteiger partial charge in [0.15, 0.2) is 0 Å². The lowest BCUT2D eigenvalue weighted by Gasteiger charge is -2.19. The Morgan fingerprint density at radius 1 is 1.31 bits per heavy atom. The molecule has 0 heterocycles. The van der Waals surface area contributed by atoms with Gasteiger partial charge in [-0.05, 0) is 46.9 Å². The van der Waals surface area contributed by atoms with Gasteiger partial charge in [-0.25, -0.2) is 0 Å². The molecule has 0 aliphatic rings. The molecule has 0 amide bonds. The van der Waals surface area contributed by atoms with E-state index in [1.54, 1.807) is 14.2 Å². The second-order valence-corrected chi connectivity index (χ2v) is 4.63. The first kappa shape index (κ1) is 13.3. The Morgan fingerprint density at radius 2 is 1.88 bits per heavy atom. The van der Waals surface area contributed by atoms with Crippen molar-refractivity contribution in [2.24, 2.45) is 5.73 Å². The summed E-state index contributed by atoms with van der Waals surface area (Å²) in [5, 5.41) is 0. The molecular formula is C12H18BrNO2. The number of nitrogens with two attached hydrogens (primary N) is 1. The molecule has 3 nitrogen and oxygen atoms in total. The molecule has 1 aromatic carbocycles. The molecule has 2 N–H and O–H groups in total. The van der Waals surface area contributed by atoms with Crippen molar-refractivity contribution in [3.8, 4) is 11.5 Å². The maximum Gasteiger partial charge on any atom is 0.139 e. The topological polar surface area (TPSA) is 44.5 Å². The van der Waals surface area contributed by atoms with Gasteiger partial charge in [0.2, 0.25) is 0 Å². The SMILES string of the molecule is COc1c(Br)cc(C(C)CN)c(OC)c1C. The van der Waals surface area contributed by atoms with E-state index in [9.17, 15) is 0 Å². The molecule has 0 aliphatic heterocycles. The maximum atomic E-state index is 5.70. The molecular weight excluding hydrogens is 270 g/mol. The summed E-state index contributed by atoms with van der Waals surface area (Å²) in [5.41, 5.74) is 7.80. The first-order chi connectivity index (χ1) is 7.56. The van der Waals surface area contributed by atoms with Crippen LogP contribution in [0.1, 0.15) is 24.0 Å². The quantitative estimate of drug-likeness (QED) is 0.926. The lowest BCUT2D eigenvalue weighted by molar-refractivity contribution is 0.382. The van der Waals surface area contributed by atoms with Gasteiger partial charge in [0, 0.05) is 5.56 Å². The molecule has 1 rings (SSSR count). The van der Waals surface area contributed by atoms with E-state index in [2.05, 4.69) is 22.9 Å². The van der Waals surface area contributed by atoms with Crippen LogP contribution in [0, 0.1) is 6.92 Å². The van der Waals surface area contributed by atoms with Gasteiger partial charge in [0.25, 0.3) is 0 Å². The third-order valence-electron chi connectivity index (χ3n) is 2.74. The van der Waals surface area contributed by atoms with E-state index in [4.69, 9.17) is 15.2 Å². The van der Waals surface area contributed by atoms with Crippen molar-refractivity contribution >= 4 is 15.9 Å². The molecule has 4 heteroatoms. The second kappa shape index (κ2) is 5.55. The van der Waals surface area contributed by atoms with Crippen molar-refractivity contribution in [3.05, 3.63) is 21.7 Å². The van der Waals surface area contributed by atoms with Crippen LogP contribution < -0.4 is 15.2 Å². The minimum Gasteiger partial charge on any atom is -0.496 e. The molecule has 1 unspecified atom stereocenters. The molecule has 0 fully saturated rings. The minimum atomic E-state index is 0.260. The van der Waals surface area contributed by atoms with Crippen molar-refractivity contribution in [1.29, 1.82) is 0 Å². The van der Waals surface area contributed by atoms with Crippen molar-refractivity contribution in [3.63, 3.8) is 0 Å². The van der Waals surface area contributed by atoms with Crippen molar-refractivity contribution < 1.29 is 9.47 Å². The molecule has 90 valence electrons. The zero-order valence-electron chi connectivity index (χ0n) is 10.1. The first-order valence-electron chi connectivity index (χ1n) is 5.17. The monoisotopic (exact) mass is 287 g/mol. The zero-order valence-corrected chi connectivity index (χ0v) is 11.7. The normalized spacial score (nSPS) is 12.4. The van der Waals surface area contributed by atoms with Gasteiger partial charge in [-0.3, -0.25) is 0 Å². The molecule has 0 spiro atoms. The zero-order chi connectivity index (χ0) is 12.3. The van der Waals surface area contributed by atoms with Crippen LogP contribution in [0.2, 0.25) is 0 Å². The van der Waals surface area contributed by atoms with Gasteiger partial charge >= 0.3 is 0 Å². The number of ether oxygens (including phenoxy) is 2. The van der Waals surface area contributed by atoms with Crippen molar-refractivity contribution in [2.75, 3.05) is 20.8 Å². The van der Waals surface area contributed by atoms with E-state index in [0.717, 1.165) is 27.1 Å². The summed E-state index contributed by atoms with van der Waals surface area (Å²) in [4.78, 5) is 0.